The maximum atomic E-state index is 13.3. The minimum atomic E-state index is -0.651. The van der Waals surface area contributed by atoms with Crippen molar-refractivity contribution in [2.24, 2.45) is 0 Å². The first kappa shape index (κ1) is 24.9. The van der Waals surface area contributed by atoms with E-state index in [1.807, 2.05) is 39.8 Å². The fraction of sp³-hybridized carbons (Fsp3) is 0.417. The number of benzene rings is 2. The zero-order valence-electron chi connectivity index (χ0n) is 18.5. The summed E-state index contributed by atoms with van der Waals surface area (Å²) in [6.45, 7) is 7.71. The molecule has 2 amide bonds. The second-order valence-corrected chi connectivity index (χ2v) is 8.44. The van der Waals surface area contributed by atoms with E-state index in [1.165, 1.54) is 17.0 Å². The van der Waals surface area contributed by atoms with Gasteiger partial charge in [0.2, 0.25) is 5.91 Å². The minimum absolute atomic E-state index is 0.00585. The predicted octanol–water partition coefficient (Wildman–Crippen LogP) is 5.00. The third kappa shape index (κ3) is 7.35. The van der Waals surface area contributed by atoms with Crippen molar-refractivity contribution in [3.63, 3.8) is 0 Å². The van der Waals surface area contributed by atoms with Crippen LogP contribution in [-0.2, 0) is 16.1 Å². The van der Waals surface area contributed by atoms with Gasteiger partial charge in [-0.3, -0.25) is 9.59 Å². The van der Waals surface area contributed by atoms with E-state index in [2.05, 4.69) is 21.2 Å². The van der Waals surface area contributed by atoms with E-state index in [4.69, 9.17) is 4.74 Å². The van der Waals surface area contributed by atoms with Crippen molar-refractivity contribution in [1.29, 1.82) is 0 Å². The van der Waals surface area contributed by atoms with Gasteiger partial charge in [-0.15, -0.1) is 0 Å². The quantitative estimate of drug-likeness (QED) is 0.507. The molecule has 0 aliphatic heterocycles. The average Bonchev–Trinajstić information content (AvgIpc) is 2.75. The normalized spacial score (nSPS) is 12.7. The minimum Gasteiger partial charge on any atom is -0.484 e. The molecule has 1 N–H and O–H groups in total. The third-order valence-corrected chi connectivity index (χ3v) is 6.03. The molecule has 2 aromatic carbocycles. The molecule has 168 valence electrons. The van der Waals surface area contributed by atoms with Crippen molar-refractivity contribution in [1.82, 2.24) is 10.2 Å². The van der Waals surface area contributed by atoms with Gasteiger partial charge < -0.3 is 15.0 Å². The smallest absolute Gasteiger partial charge is 0.261 e. The van der Waals surface area contributed by atoms with E-state index in [0.717, 1.165) is 22.0 Å². The van der Waals surface area contributed by atoms with Crippen LogP contribution >= 0.6 is 15.9 Å². The van der Waals surface area contributed by atoms with E-state index < -0.39 is 6.04 Å². The Balaban J connectivity index is 2.21. The summed E-state index contributed by atoms with van der Waals surface area (Å²) in [5.74, 6) is -0.284. The molecule has 0 heterocycles. The van der Waals surface area contributed by atoms with E-state index in [1.54, 1.807) is 18.2 Å². The SMILES string of the molecule is CC[C@@H](C)NC(=O)[C@@H](CC)N(Cc1ccc(F)cc1)C(=O)COc1ccc(Br)c(C)c1. The van der Waals surface area contributed by atoms with Crippen LogP contribution in [0.3, 0.4) is 0 Å². The maximum Gasteiger partial charge on any atom is 0.261 e. The van der Waals surface area contributed by atoms with Gasteiger partial charge in [0.25, 0.3) is 5.91 Å². The molecule has 0 saturated heterocycles. The fourth-order valence-electron chi connectivity index (χ4n) is 3.08. The van der Waals surface area contributed by atoms with Crippen molar-refractivity contribution in [3.05, 3.63) is 63.9 Å². The Morgan fingerprint density at radius 1 is 1.13 bits per heavy atom. The number of nitrogens with zero attached hydrogens (tertiary/aromatic N) is 1. The number of carbonyl (C=O) groups is 2. The molecule has 0 fully saturated rings. The summed E-state index contributed by atoms with van der Waals surface area (Å²) in [6, 6.07) is 10.8. The second-order valence-electron chi connectivity index (χ2n) is 7.59. The first-order valence-corrected chi connectivity index (χ1v) is 11.3. The highest BCUT2D eigenvalue weighted by atomic mass is 79.9. The van der Waals surface area contributed by atoms with Crippen LogP contribution in [0.4, 0.5) is 4.39 Å². The summed E-state index contributed by atoms with van der Waals surface area (Å²) in [5.41, 5.74) is 1.73. The largest absolute Gasteiger partial charge is 0.484 e. The van der Waals surface area contributed by atoms with Crippen LogP contribution in [0.5, 0.6) is 5.75 Å². The molecule has 0 saturated carbocycles. The van der Waals surface area contributed by atoms with Crippen LogP contribution in [0.1, 0.15) is 44.7 Å². The summed E-state index contributed by atoms with van der Waals surface area (Å²) >= 11 is 3.44. The molecule has 0 aliphatic carbocycles. The highest BCUT2D eigenvalue weighted by Crippen LogP contribution is 2.22. The summed E-state index contributed by atoms with van der Waals surface area (Å²) in [7, 11) is 0. The van der Waals surface area contributed by atoms with Crippen molar-refractivity contribution in [3.8, 4) is 5.75 Å². The Hall–Kier alpha value is -2.41. The molecular formula is C24H30BrFN2O3. The number of halogens is 2. The lowest BCUT2D eigenvalue weighted by molar-refractivity contribution is -0.143. The standard InChI is InChI=1S/C24H30BrFN2O3/c1-5-17(4)27-24(30)22(6-2)28(14-18-7-9-19(26)10-8-18)23(29)15-31-20-11-12-21(25)16(3)13-20/h7-13,17,22H,5-6,14-15H2,1-4H3,(H,27,30)/t17-,22-/m1/s1. The van der Waals surface area contributed by atoms with Gasteiger partial charge in [0.1, 0.15) is 17.6 Å². The average molecular weight is 493 g/mol. The van der Waals surface area contributed by atoms with Gasteiger partial charge in [0, 0.05) is 17.1 Å². The van der Waals surface area contributed by atoms with Crippen LogP contribution in [0.15, 0.2) is 46.9 Å². The van der Waals surface area contributed by atoms with E-state index >= 15 is 0 Å². The molecule has 2 aromatic rings. The molecule has 5 nitrogen and oxygen atoms in total. The van der Waals surface area contributed by atoms with Gasteiger partial charge in [-0.1, -0.05) is 41.9 Å². The summed E-state index contributed by atoms with van der Waals surface area (Å²) in [6.07, 6.45) is 1.24. The number of rotatable bonds is 10. The molecule has 0 unspecified atom stereocenters. The Morgan fingerprint density at radius 2 is 1.81 bits per heavy atom. The van der Waals surface area contributed by atoms with Gasteiger partial charge >= 0.3 is 0 Å². The van der Waals surface area contributed by atoms with Crippen LogP contribution in [0, 0.1) is 12.7 Å². The highest BCUT2D eigenvalue weighted by molar-refractivity contribution is 9.10. The fourth-order valence-corrected chi connectivity index (χ4v) is 3.33. The molecule has 0 bridgehead atoms. The molecule has 2 atom stereocenters. The van der Waals surface area contributed by atoms with Crippen molar-refractivity contribution in [2.45, 2.75) is 59.2 Å². The molecule has 2 rings (SSSR count). The predicted molar refractivity (Wildman–Crippen MR) is 123 cm³/mol. The summed E-state index contributed by atoms with van der Waals surface area (Å²) < 4.78 is 20.0. The lowest BCUT2D eigenvalue weighted by Crippen LogP contribution is -2.51. The lowest BCUT2D eigenvalue weighted by Gasteiger charge is -2.31. The van der Waals surface area contributed by atoms with Crippen molar-refractivity contribution < 1.29 is 18.7 Å². The summed E-state index contributed by atoms with van der Waals surface area (Å²) in [5, 5.41) is 2.96. The Kier molecular flexibility index (Phi) is 9.49. The molecule has 0 aromatic heterocycles. The van der Waals surface area contributed by atoms with Crippen LogP contribution in [0.2, 0.25) is 0 Å². The number of hydrogen-bond acceptors (Lipinski definition) is 3. The third-order valence-electron chi connectivity index (χ3n) is 5.14. The van der Waals surface area contributed by atoms with Gasteiger partial charge in [0.05, 0.1) is 0 Å². The Morgan fingerprint density at radius 3 is 2.39 bits per heavy atom. The number of aryl methyl sites for hydroxylation is 1. The van der Waals surface area contributed by atoms with Gasteiger partial charge in [0.15, 0.2) is 6.61 Å². The highest BCUT2D eigenvalue weighted by Gasteiger charge is 2.29. The molecule has 31 heavy (non-hydrogen) atoms. The Bertz CT molecular complexity index is 889. The van der Waals surface area contributed by atoms with Gasteiger partial charge in [-0.05, 0) is 68.1 Å². The number of carbonyl (C=O) groups excluding carboxylic acids is 2. The number of amides is 2. The molecule has 0 spiro atoms. The maximum absolute atomic E-state index is 13.3. The summed E-state index contributed by atoms with van der Waals surface area (Å²) in [4.78, 5) is 27.5. The lowest BCUT2D eigenvalue weighted by atomic mass is 10.1. The number of ether oxygens (including phenoxy) is 1. The topological polar surface area (TPSA) is 58.6 Å². The molecule has 0 radical (unpaired) electrons. The van der Waals surface area contributed by atoms with Crippen LogP contribution < -0.4 is 10.1 Å². The first-order chi connectivity index (χ1) is 14.7. The van der Waals surface area contributed by atoms with E-state index in [-0.39, 0.29) is 36.8 Å². The van der Waals surface area contributed by atoms with Gasteiger partial charge in [-0.2, -0.15) is 0 Å². The number of nitrogens with one attached hydrogen (secondary N) is 1. The second kappa shape index (κ2) is 11.8. The molecule has 7 heteroatoms. The molecular weight excluding hydrogens is 463 g/mol. The first-order valence-electron chi connectivity index (χ1n) is 10.5. The Labute approximate surface area is 192 Å². The zero-order chi connectivity index (χ0) is 23.0. The van der Waals surface area contributed by atoms with Crippen LogP contribution in [0.25, 0.3) is 0 Å². The number of hydrogen-bond donors (Lipinski definition) is 1. The van der Waals surface area contributed by atoms with Crippen molar-refractivity contribution >= 4 is 27.7 Å². The van der Waals surface area contributed by atoms with E-state index in [0.29, 0.717) is 12.2 Å². The van der Waals surface area contributed by atoms with Crippen LogP contribution in [-0.4, -0.2) is 35.4 Å². The molecule has 0 aliphatic rings. The van der Waals surface area contributed by atoms with Gasteiger partial charge in [-0.25, -0.2) is 4.39 Å². The monoisotopic (exact) mass is 492 g/mol. The van der Waals surface area contributed by atoms with Crippen molar-refractivity contribution in [2.75, 3.05) is 6.61 Å². The van der Waals surface area contributed by atoms with E-state index in [9.17, 15) is 14.0 Å². The zero-order valence-corrected chi connectivity index (χ0v) is 20.0.